The monoisotopic (exact) mass is 600 g/mol. The predicted octanol–water partition coefficient (Wildman–Crippen LogP) is 4.57. The van der Waals surface area contributed by atoms with E-state index in [0.29, 0.717) is 10.6 Å². The van der Waals surface area contributed by atoms with Crippen LogP contribution in [-0.4, -0.2) is 54.4 Å². The predicted molar refractivity (Wildman–Crippen MR) is 159 cm³/mol. The molecule has 0 bridgehead atoms. The summed E-state index contributed by atoms with van der Waals surface area (Å²) in [7, 11) is -4.06. The Morgan fingerprint density at radius 3 is 2.17 bits per heavy atom. The van der Waals surface area contributed by atoms with Crippen molar-refractivity contribution < 1.29 is 22.9 Å². The zero-order chi connectivity index (χ0) is 30.4. The average Bonchev–Trinajstić information content (AvgIpc) is 2.89. The third kappa shape index (κ3) is 9.29. The van der Waals surface area contributed by atoms with Gasteiger partial charge in [0.15, 0.2) is 0 Å². The van der Waals surface area contributed by atoms with Crippen LogP contribution in [0, 0.1) is 10.1 Å². The van der Waals surface area contributed by atoms with Gasteiger partial charge < -0.3 is 10.2 Å². The van der Waals surface area contributed by atoms with E-state index in [4.69, 9.17) is 11.6 Å². The Labute approximate surface area is 245 Å². The smallest absolute Gasteiger partial charge is 0.271 e. The fraction of sp³-hybridized carbons (Fsp3) is 0.310. The van der Waals surface area contributed by atoms with Gasteiger partial charge in [0.25, 0.3) is 5.69 Å². The van der Waals surface area contributed by atoms with Gasteiger partial charge in [-0.15, -0.1) is 0 Å². The lowest BCUT2D eigenvalue weighted by molar-refractivity contribution is -0.384. The third-order valence-corrected chi connectivity index (χ3v) is 7.44. The first-order chi connectivity index (χ1) is 19.1. The normalized spacial score (nSPS) is 12.3. The standard InChI is InChI=1S/C29H33ClN4O6S/c1-29(2,3)31-28(36)26(17-21-9-6-5-7-10-21)32(19-22-13-15-23(30)16-14-22)27(35)20-33(41(4,39)40)24-11-8-12-25(18-24)34(37)38/h5-16,18,26H,17,19-20H2,1-4H3,(H,31,36)/t26-/m1/s1. The number of anilines is 1. The molecule has 1 atom stereocenters. The Balaban J connectivity index is 2.09. The van der Waals surface area contributed by atoms with Gasteiger partial charge in [-0.25, -0.2) is 8.42 Å². The molecule has 10 nitrogen and oxygen atoms in total. The largest absolute Gasteiger partial charge is 0.350 e. The molecule has 3 aromatic rings. The number of nitrogens with one attached hydrogen (secondary N) is 1. The summed E-state index contributed by atoms with van der Waals surface area (Å²) in [4.78, 5) is 39.8. The van der Waals surface area contributed by atoms with Crippen molar-refractivity contribution in [2.45, 2.75) is 45.3 Å². The van der Waals surface area contributed by atoms with Gasteiger partial charge in [-0.05, 0) is 50.1 Å². The van der Waals surface area contributed by atoms with Crippen molar-refractivity contribution in [2.24, 2.45) is 0 Å². The van der Waals surface area contributed by atoms with Gasteiger partial charge in [-0.1, -0.05) is 60.1 Å². The zero-order valence-corrected chi connectivity index (χ0v) is 24.9. The van der Waals surface area contributed by atoms with Crippen LogP contribution >= 0.6 is 11.6 Å². The first kappa shape index (κ1) is 31.6. The molecule has 0 aliphatic heterocycles. The maximum Gasteiger partial charge on any atom is 0.271 e. The fourth-order valence-electron chi connectivity index (χ4n) is 4.17. The molecule has 2 amide bonds. The first-order valence-corrected chi connectivity index (χ1v) is 15.0. The summed E-state index contributed by atoms with van der Waals surface area (Å²) in [6, 6.07) is 20.0. The molecule has 41 heavy (non-hydrogen) atoms. The number of hydrogen-bond acceptors (Lipinski definition) is 6. The van der Waals surface area contributed by atoms with Crippen molar-refractivity contribution in [1.82, 2.24) is 10.2 Å². The van der Waals surface area contributed by atoms with E-state index in [9.17, 15) is 28.1 Å². The Morgan fingerprint density at radius 1 is 0.976 bits per heavy atom. The van der Waals surface area contributed by atoms with Gasteiger partial charge in [0.1, 0.15) is 12.6 Å². The summed E-state index contributed by atoms with van der Waals surface area (Å²) in [5, 5.41) is 14.8. The van der Waals surface area contributed by atoms with E-state index in [1.165, 1.54) is 23.1 Å². The van der Waals surface area contributed by atoms with E-state index in [-0.39, 0.29) is 24.3 Å². The number of hydrogen-bond donors (Lipinski definition) is 1. The van der Waals surface area contributed by atoms with Crippen LogP contribution in [0.5, 0.6) is 0 Å². The molecule has 0 fully saturated rings. The Morgan fingerprint density at radius 2 is 1.61 bits per heavy atom. The molecule has 12 heteroatoms. The number of nitro benzene ring substituents is 1. The second kappa shape index (κ2) is 13.1. The minimum Gasteiger partial charge on any atom is -0.350 e. The van der Waals surface area contributed by atoms with Crippen LogP contribution in [-0.2, 0) is 32.6 Å². The minimum atomic E-state index is -4.06. The molecule has 0 aliphatic carbocycles. The molecular formula is C29H33ClN4O6S. The van der Waals surface area contributed by atoms with Crippen LogP contribution in [0.4, 0.5) is 11.4 Å². The molecule has 0 heterocycles. The summed E-state index contributed by atoms with van der Waals surface area (Å²) >= 11 is 6.06. The van der Waals surface area contributed by atoms with Gasteiger partial charge >= 0.3 is 0 Å². The summed E-state index contributed by atoms with van der Waals surface area (Å²) in [5.41, 5.74) is 0.496. The first-order valence-electron chi connectivity index (χ1n) is 12.8. The van der Waals surface area contributed by atoms with Gasteiger partial charge in [0.2, 0.25) is 21.8 Å². The highest BCUT2D eigenvalue weighted by molar-refractivity contribution is 7.92. The highest BCUT2D eigenvalue weighted by Crippen LogP contribution is 2.24. The van der Waals surface area contributed by atoms with E-state index in [0.717, 1.165) is 22.2 Å². The Kier molecular flexibility index (Phi) is 10.1. The van der Waals surface area contributed by atoms with Crippen LogP contribution in [0.1, 0.15) is 31.9 Å². The highest BCUT2D eigenvalue weighted by atomic mass is 35.5. The molecule has 0 aliphatic rings. The van der Waals surface area contributed by atoms with Crippen molar-refractivity contribution in [2.75, 3.05) is 17.1 Å². The molecule has 0 radical (unpaired) electrons. The molecule has 3 aromatic carbocycles. The van der Waals surface area contributed by atoms with E-state index in [1.54, 1.807) is 24.3 Å². The number of non-ortho nitro benzene ring substituents is 1. The lowest BCUT2D eigenvalue weighted by Crippen LogP contribution is -2.56. The summed E-state index contributed by atoms with van der Waals surface area (Å²) < 4.78 is 26.5. The quantitative estimate of drug-likeness (QED) is 0.253. The molecule has 3 rings (SSSR count). The molecule has 0 saturated heterocycles. The molecule has 0 saturated carbocycles. The van der Waals surface area contributed by atoms with Crippen LogP contribution in [0.3, 0.4) is 0 Å². The van der Waals surface area contributed by atoms with E-state index >= 15 is 0 Å². The van der Waals surface area contributed by atoms with Crippen LogP contribution < -0.4 is 9.62 Å². The van der Waals surface area contributed by atoms with Crippen molar-refractivity contribution in [1.29, 1.82) is 0 Å². The average molecular weight is 601 g/mol. The second-order valence-corrected chi connectivity index (χ2v) is 13.0. The SMILES string of the molecule is CC(C)(C)NC(=O)[C@@H](Cc1ccccc1)N(Cc1ccc(Cl)cc1)C(=O)CN(c1cccc([N+](=O)[O-])c1)S(C)(=O)=O. The molecule has 1 N–H and O–H groups in total. The number of halogens is 1. The summed E-state index contributed by atoms with van der Waals surface area (Å²) in [5.74, 6) is -1.08. The maximum absolute atomic E-state index is 14.0. The number of carbonyl (C=O) groups is 2. The van der Waals surface area contributed by atoms with Crippen LogP contribution in [0.2, 0.25) is 5.02 Å². The fourth-order valence-corrected chi connectivity index (χ4v) is 5.14. The number of amides is 2. The zero-order valence-electron chi connectivity index (χ0n) is 23.3. The third-order valence-electron chi connectivity index (χ3n) is 6.04. The topological polar surface area (TPSA) is 130 Å². The van der Waals surface area contributed by atoms with Gasteiger partial charge in [0.05, 0.1) is 16.9 Å². The number of sulfonamides is 1. The molecule has 0 spiro atoms. The maximum atomic E-state index is 14.0. The van der Waals surface area contributed by atoms with Gasteiger partial charge in [-0.2, -0.15) is 0 Å². The van der Waals surface area contributed by atoms with E-state index in [2.05, 4.69) is 5.32 Å². The Hall–Kier alpha value is -3.96. The van der Waals surface area contributed by atoms with E-state index < -0.39 is 44.9 Å². The van der Waals surface area contributed by atoms with Crippen molar-refractivity contribution in [3.05, 3.63) is 105 Å². The lowest BCUT2D eigenvalue weighted by atomic mass is 10.0. The molecule has 0 unspecified atom stereocenters. The van der Waals surface area contributed by atoms with Crippen molar-refractivity contribution in [3.63, 3.8) is 0 Å². The number of rotatable bonds is 11. The van der Waals surface area contributed by atoms with Crippen LogP contribution in [0.15, 0.2) is 78.9 Å². The van der Waals surface area contributed by atoms with Crippen molar-refractivity contribution >= 4 is 44.8 Å². The number of nitrogens with zero attached hydrogens (tertiary/aromatic N) is 3. The minimum absolute atomic E-state index is 0.0163. The number of nitro groups is 1. The van der Waals surface area contributed by atoms with Crippen molar-refractivity contribution in [3.8, 4) is 0 Å². The van der Waals surface area contributed by atoms with E-state index in [1.807, 2.05) is 51.1 Å². The van der Waals surface area contributed by atoms with Gasteiger partial charge in [0, 0.05) is 35.7 Å². The molecule has 0 aromatic heterocycles. The number of carbonyl (C=O) groups excluding carboxylic acids is 2. The summed E-state index contributed by atoms with van der Waals surface area (Å²) in [6.45, 7) is 4.77. The molecular weight excluding hydrogens is 568 g/mol. The number of benzene rings is 3. The Bertz CT molecular complexity index is 1490. The van der Waals surface area contributed by atoms with Crippen LogP contribution in [0.25, 0.3) is 0 Å². The van der Waals surface area contributed by atoms with Gasteiger partial charge in [-0.3, -0.25) is 24.0 Å². The second-order valence-electron chi connectivity index (χ2n) is 10.6. The molecule has 218 valence electrons. The highest BCUT2D eigenvalue weighted by Gasteiger charge is 2.34. The lowest BCUT2D eigenvalue weighted by Gasteiger charge is -2.35. The summed E-state index contributed by atoms with van der Waals surface area (Å²) in [6.07, 6.45) is 1.08.